The van der Waals surface area contributed by atoms with Gasteiger partial charge in [-0.05, 0) is 29.4 Å². The summed E-state index contributed by atoms with van der Waals surface area (Å²) in [4.78, 5) is 17.4. The zero-order valence-corrected chi connectivity index (χ0v) is 13.6. The Balaban J connectivity index is 2.34. The van der Waals surface area contributed by atoms with E-state index in [2.05, 4.69) is 41.5 Å². The van der Waals surface area contributed by atoms with Crippen LogP contribution in [0.1, 0.15) is 88.0 Å². The molecule has 0 atom stereocenters. The van der Waals surface area contributed by atoms with Crippen molar-refractivity contribution in [1.29, 1.82) is 0 Å². The fourth-order valence-electron chi connectivity index (χ4n) is 3.52. The summed E-state index contributed by atoms with van der Waals surface area (Å²) in [7, 11) is 0. The van der Waals surface area contributed by atoms with Crippen LogP contribution in [-0.4, -0.2) is 10.8 Å². The predicted molar refractivity (Wildman–Crippen MR) is 81.5 cm³/mol. The summed E-state index contributed by atoms with van der Waals surface area (Å²) >= 11 is 0. The molecule has 0 radical (unpaired) electrons. The Morgan fingerprint density at radius 2 is 1.65 bits per heavy atom. The number of pyridine rings is 1. The second-order valence-electron chi connectivity index (χ2n) is 8.65. The average Bonchev–Trinajstić information content (AvgIpc) is 2.98. The maximum absolute atomic E-state index is 12.6. The van der Waals surface area contributed by atoms with Gasteiger partial charge in [0.2, 0.25) is 0 Å². The summed E-state index contributed by atoms with van der Waals surface area (Å²) < 4.78 is 0. The van der Waals surface area contributed by atoms with Crippen LogP contribution in [0.25, 0.3) is 0 Å². The number of rotatable bonds is 0. The molecule has 108 valence electrons. The predicted octanol–water partition coefficient (Wildman–Crippen LogP) is 4.29. The molecule has 2 aliphatic carbocycles. The van der Waals surface area contributed by atoms with Gasteiger partial charge in [-0.3, -0.25) is 9.78 Å². The highest BCUT2D eigenvalue weighted by atomic mass is 16.1. The quantitative estimate of drug-likeness (QED) is 0.704. The molecule has 0 unspecified atom stereocenters. The van der Waals surface area contributed by atoms with Crippen LogP contribution < -0.4 is 0 Å². The van der Waals surface area contributed by atoms with Gasteiger partial charge in [0, 0.05) is 29.0 Å². The van der Waals surface area contributed by atoms with Crippen molar-refractivity contribution in [2.45, 2.75) is 77.0 Å². The van der Waals surface area contributed by atoms with Crippen LogP contribution in [0.15, 0.2) is 6.20 Å². The third-order valence-corrected chi connectivity index (χ3v) is 4.76. The van der Waals surface area contributed by atoms with Crippen molar-refractivity contribution < 1.29 is 4.79 Å². The molecule has 0 N–H and O–H groups in total. The second-order valence-corrected chi connectivity index (χ2v) is 8.65. The largest absolute Gasteiger partial charge is 0.294 e. The number of ketones is 1. The molecule has 1 saturated carbocycles. The third-order valence-electron chi connectivity index (χ3n) is 4.76. The normalized spacial score (nSPS) is 20.4. The summed E-state index contributed by atoms with van der Waals surface area (Å²) in [5, 5.41) is 0. The van der Waals surface area contributed by atoms with Crippen molar-refractivity contribution >= 4 is 5.78 Å². The smallest absolute Gasteiger partial charge is 0.164 e. The number of carbonyl (C=O) groups is 1. The van der Waals surface area contributed by atoms with Gasteiger partial charge >= 0.3 is 0 Å². The molecule has 0 amide bonds. The lowest BCUT2D eigenvalue weighted by molar-refractivity contribution is 0.0985. The van der Waals surface area contributed by atoms with Crippen molar-refractivity contribution in [1.82, 2.24) is 4.98 Å². The molecule has 1 heterocycles. The van der Waals surface area contributed by atoms with Gasteiger partial charge in [0.15, 0.2) is 5.78 Å². The first-order valence-electron chi connectivity index (χ1n) is 7.64. The highest BCUT2D eigenvalue weighted by Gasteiger charge is 2.55. The number of Topliss-reactive ketones (excluding diaryl/α,β-unsaturated/α-hetero) is 1. The van der Waals surface area contributed by atoms with Crippen molar-refractivity contribution in [2.75, 3.05) is 0 Å². The Bertz CT molecular complexity index is 595. The molecule has 1 fully saturated rings. The molecule has 0 bridgehead atoms. The van der Waals surface area contributed by atoms with Gasteiger partial charge in [0.1, 0.15) is 0 Å². The molecule has 0 aromatic carbocycles. The molecule has 3 rings (SSSR count). The molecule has 2 nitrogen and oxygen atoms in total. The van der Waals surface area contributed by atoms with E-state index < -0.39 is 0 Å². The minimum atomic E-state index is -0.0242. The maximum atomic E-state index is 12.6. The highest BCUT2D eigenvalue weighted by Crippen LogP contribution is 2.59. The zero-order valence-electron chi connectivity index (χ0n) is 13.6. The molecule has 0 saturated heterocycles. The van der Waals surface area contributed by atoms with Gasteiger partial charge < -0.3 is 0 Å². The molecular formula is C18H25NO. The van der Waals surface area contributed by atoms with E-state index in [4.69, 9.17) is 4.98 Å². The van der Waals surface area contributed by atoms with Crippen LogP contribution in [-0.2, 0) is 16.2 Å². The number of hydrogen-bond acceptors (Lipinski definition) is 2. The summed E-state index contributed by atoms with van der Waals surface area (Å²) in [5.74, 6) is 0.343. The van der Waals surface area contributed by atoms with Gasteiger partial charge in [0.25, 0.3) is 0 Å². The SMILES string of the molecule is CC(C)(C)c1cnc(C(C)(C)C)c2c1C(=O)CC21CC1. The number of aromatic nitrogens is 1. The first-order valence-corrected chi connectivity index (χ1v) is 7.64. The van der Waals surface area contributed by atoms with E-state index in [0.29, 0.717) is 12.2 Å². The van der Waals surface area contributed by atoms with Crippen molar-refractivity contribution in [3.05, 3.63) is 28.6 Å². The van der Waals surface area contributed by atoms with E-state index in [1.807, 2.05) is 6.20 Å². The number of nitrogens with zero attached hydrogens (tertiary/aromatic N) is 1. The second kappa shape index (κ2) is 3.72. The topological polar surface area (TPSA) is 30.0 Å². The lowest BCUT2D eigenvalue weighted by Crippen LogP contribution is -2.23. The van der Waals surface area contributed by atoms with E-state index >= 15 is 0 Å². The molecule has 20 heavy (non-hydrogen) atoms. The third kappa shape index (κ3) is 1.84. The van der Waals surface area contributed by atoms with Gasteiger partial charge in [0.05, 0.1) is 5.69 Å². The Morgan fingerprint density at radius 3 is 2.10 bits per heavy atom. The molecule has 1 aromatic rings. The summed E-state index contributed by atoms with van der Waals surface area (Å²) in [6.45, 7) is 13.1. The molecule has 0 aliphatic heterocycles. The average molecular weight is 271 g/mol. The van der Waals surface area contributed by atoms with Crippen molar-refractivity contribution in [3.8, 4) is 0 Å². The number of fused-ring (bicyclic) bond motifs is 2. The lowest BCUT2D eigenvalue weighted by Gasteiger charge is -2.28. The fourth-order valence-corrected chi connectivity index (χ4v) is 3.52. The van der Waals surface area contributed by atoms with Crippen molar-refractivity contribution in [2.24, 2.45) is 0 Å². The minimum absolute atomic E-state index is 0.000702. The standard InChI is InChI=1S/C18H25NO/c1-16(2,3)11-10-19-15(17(4,5)6)14-13(11)12(20)9-18(14)7-8-18/h10H,7-9H2,1-6H3. The van der Waals surface area contributed by atoms with Crippen LogP contribution in [0.4, 0.5) is 0 Å². The van der Waals surface area contributed by atoms with Gasteiger partial charge in [-0.15, -0.1) is 0 Å². The van der Waals surface area contributed by atoms with Crippen LogP contribution in [0.2, 0.25) is 0 Å². The maximum Gasteiger partial charge on any atom is 0.164 e. The fraction of sp³-hybridized carbons (Fsp3) is 0.667. The van der Waals surface area contributed by atoms with Gasteiger partial charge in [-0.25, -0.2) is 0 Å². The van der Waals surface area contributed by atoms with Crippen LogP contribution in [0, 0.1) is 0 Å². The summed E-state index contributed by atoms with van der Waals surface area (Å²) in [6, 6.07) is 0. The molecule has 2 heteroatoms. The van der Waals surface area contributed by atoms with Crippen LogP contribution in [0.3, 0.4) is 0 Å². The van der Waals surface area contributed by atoms with Gasteiger partial charge in [-0.1, -0.05) is 41.5 Å². The van der Waals surface area contributed by atoms with E-state index in [1.165, 1.54) is 5.56 Å². The Kier molecular flexibility index (Phi) is 2.56. The highest BCUT2D eigenvalue weighted by molar-refractivity contribution is 6.04. The summed E-state index contributed by atoms with van der Waals surface area (Å²) in [6.07, 6.45) is 4.98. The number of carbonyl (C=O) groups excluding carboxylic acids is 1. The Labute approximate surface area is 122 Å². The Hall–Kier alpha value is -1.18. The van der Waals surface area contributed by atoms with E-state index in [-0.39, 0.29) is 16.2 Å². The molecule has 2 aliphatic rings. The van der Waals surface area contributed by atoms with Crippen LogP contribution in [0.5, 0.6) is 0 Å². The Morgan fingerprint density at radius 1 is 1.05 bits per heavy atom. The van der Waals surface area contributed by atoms with Crippen molar-refractivity contribution in [3.63, 3.8) is 0 Å². The monoisotopic (exact) mass is 271 g/mol. The van der Waals surface area contributed by atoms with E-state index in [0.717, 1.165) is 29.7 Å². The summed E-state index contributed by atoms with van der Waals surface area (Å²) in [5.41, 5.74) is 4.70. The zero-order chi connectivity index (χ0) is 14.9. The van der Waals surface area contributed by atoms with Gasteiger partial charge in [-0.2, -0.15) is 0 Å². The first-order chi connectivity index (χ1) is 9.06. The molecular weight excluding hydrogens is 246 g/mol. The molecule has 1 spiro atoms. The van der Waals surface area contributed by atoms with E-state index in [9.17, 15) is 4.79 Å². The van der Waals surface area contributed by atoms with Crippen LogP contribution >= 0.6 is 0 Å². The molecule has 1 aromatic heterocycles. The first kappa shape index (κ1) is 13.8. The minimum Gasteiger partial charge on any atom is -0.294 e. The van der Waals surface area contributed by atoms with E-state index in [1.54, 1.807) is 0 Å². The lowest BCUT2D eigenvalue weighted by atomic mass is 9.78. The number of hydrogen-bond donors (Lipinski definition) is 0.